The number of likely N-dealkylation sites (tertiary alicyclic amines) is 1. The first kappa shape index (κ1) is 28.3. The van der Waals surface area contributed by atoms with Crippen LogP contribution in [0.2, 0.25) is 0 Å². The summed E-state index contributed by atoms with van der Waals surface area (Å²) in [7, 11) is 0. The van der Waals surface area contributed by atoms with Gasteiger partial charge in [-0.2, -0.15) is 18.3 Å². The molecule has 216 valence electrons. The molecular formula is C27H27F5N8O. The number of halogens is 5. The van der Waals surface area contributed by atoms with Crippen LogP contribution in [0.25, 0.3) is 17.1 Å². The molecule has 1 aliphatic rings. The largest absolute Gasteiger partial charge is 0.417 e. The van der Waals surface area contributed by atoms with Crippen LogP contribution in [0.4, 0.5) is 22.0 Å². The van der Waals surface area contributed by atoms with E-state index in [1.807, 2.05) is 0 Å². The lowest BCUT2D eigenvalue weighted by molar-refractivity contribution is -0.137. The summed E-state index contributed by atoms with van der Waals surface area (Å²) in [5, 5.41) is 14.9. The van der Waals surface area contributed by atoms with Crippen LogP contribution in [0.1, 0.15) is 41.1 Å². The molecule has 1 saturated heterocycles. The van der Waals surface area contributed by atoms with Crippen LogP contribution in [0.15, 0.2) is 61.1 Å². The second-order valence-corrected chi connectivity index (χ2v) is 9.89. The summed E-state index contributed by atoms with van der Waals surface area (Å²) in [4.78, 5) is 22.2. The summed E-state index contributed by atoms with van der Waals surface area (Å²) in [6.45, 7) is 0.475. The van der Waals surface area contributed by atoms with Gasteiger partial charge in [-0.25, -0.2) is 18.4 Å². The Morgan fingerprint density at radius 3 is 2.66 bits per heavy atom. The number of H-pyrrole nitrogens is 1. The van der Waals surface area contributed by atoms with Gasteiger partial charge in [-0.05, 0) is 43.7 Å². The van der Waals surface area contributed by atoms with Crippen molar-refractivity contribution in [3.63, 3.8) is 0 Å². The third-order valence-corrected chi connectivity index (χ3v) is 6.82. The Morgan fingerprint density at radius 1 is 1.15 bits per heavy atom. The molecule has 0 saturated carbocycles. The fourth-order valence-electron chi connectivity index (χ4n) is 4.92. The second kappa shape index (κ2) is 11.7. The molecule has 1 fully saturated rings. The topological polar surface area (TPSA) is 105 Å². The molecule has 0 spiro atoms. The summed E-state index contributed by atoms with van der Waals surface area (Å²) in [5.74, 6) is -2.69. The van der Waals surface area contributed by atoms with E-state index in [1.54, 1.807) is 23.1 Å². The minimum atomic E-state index is -4.65. The number of carbonyl (C=O) groups excluding carboxylic acids is 1. The lowest BCUT2D eigenvalue weighted by atomic mass is 10.0. The molecule has 1 aliphatic heterocycles. The number of amides is 1. The Kier molecular flexibility index (Phi) is 8.10. The molecule has 0 radical (unpaired) electrons. The standard InChI is InChI=1S/C27H27F5N8O/c28-26(29)10-5-12-39(16-26)13-9-18(14-23-34-17-35-37-23)36-25(41)21-15-22(40(38-21)24-8-3-4-11-33-24)19-6-1-2-7-20(19)27(30,31)32/h1-4,6-8,11,15,17-18H,5,9-10,12-14,16H2,(H,36,41)(H,34,35,37)/t18-/m0/s1. The first-order valence-electron chi connectivity index (χ1n) is 13.0. The Hall–Kier alpha value is -4.20. The Bertz CT molecular complexity index is 1460. The predicted molar refractivity (Wildman–Crippen MR) is 138 cm³/mol. The van der Waals surface area contributed by atoms with Gasteiger partial charge in [0, 0.05) is 37.2 Å². The molecule has 1 aromatic carbocycles. The van der Waals surface area contributed by atoms with Crippen molar-refractivity contribution in [3.05, 3.63) is 78.1 Å². The van der Waals surface area contributed by atoms with Crippen molar-refractivity contribution >= 4 is 5.91 Å². The summed E-state index contributed by atoms with van der Waals surface area (Å²) < 4.78 is 70.7. The molecule has 41 heavy (non-hydrogen) atoms. The highest BCUT2D eigenvalue weighted by Crippen LogP contribution is 2.37. The molecule has 0 bridgehead atoms. The number of hydrogen-bond acceptors (Lipinski definition) is 6. The maximum atomic E-state index is 13.9. The van der Waals surface area contributed by atoms with Crippen molar-refractivity contribution in [2.24, 2.45) is 0 Å². The number of nitrogens with one attached hydrogen (secondary N) is 2. The smallest absolute Gasteiger partial charge is 0.347 e. The van der Waals surface area contributed by atoms with Gasteiger partial charge >= 0.3 is 6.18 Å². The third kappa shape index (κ3) is 6.93. The van der Waals surface area contributed by atoms with Gasteiger partial charge in [0.15, 0.2) is 11.5 Å². The van der Waals surface area contributed by atoms with Crippen molar-refractivity contribution in [2.45, 2.75) is 43.8 Å². The van der Waals surface area contributed by atoms with Crippen molar-refractivity contribution in [3.8, 4) is 17.1 Å². The van der Waals surface area contributed by atoms with Crippen LogP contribution < -0.4 is 5.32 Å². The van der Waals surface area contributed by atoms with Crippen LogP contribution in [0.3, 0.4) is 0 Å². The number of benzene rings is 1. The number of alkyl halides is 5. The first-order valence-corrected chi connectivity index (χ1v) is 13.0. The van der Waals surface area contributed by atoms with E-state index in [4.69, 9.17) is 0 Å². The maximum Gasteiger partial charge on any atom is 0.417 e. The Morgan fingerprint density at radius 2 is 1.95 bits per heavy atom. The van der Waals surface area contributed by atoms with Crippen LogP contribution in [-0.4, -0.2) is 72.4 Å². The fourth-order valence-corrected chi connectivity index (χ4v) is 4.92. The molecule has 3 aromatic heterocycles. The monoisotopic (exact) mass is 574 g/mol. The number of hydrogen-bond donors (Lipinski definition) is 2. The van der Waals surface area contributed by atoms with Gasteiger partial charge in [0.05, 0.1) is 17.8 Å². The summed E-state index contributed by atoms with van der Waals surface area (Å²) >= 11 is 0. The third-order valence-electron chi connectivity index (χ3n) is 6.82. The van der Waals surface area contributed by atoms with Crippen molar-refractivity contribution in [1.29, 1.82) is 0 Å². The highest BCUT2D eigenvalue weighted by Gasteiger charge is 2.36. The molecule has 9 nitrogen and oxygen atoms in total. The zero-order valence-electron chi connectivity index (χ0n) is 21.8. The van der Waals surface area contributed by atoms with Gasteiger partial charge in [-0.15, -0.1) is 10.2 Å². The molecule has 2 N–H and O–H groups in total. The lowest BCUT2D eigenvalue weighted by Crippen LogP contribution is -2.45. The Balaban J connectivity index is 1.43. The highest BCUT2D eigenvalue weighted by molar-refractivity contribution is 5.94. The van der Waals surface area contributed by atoms with E-state index in [-0.39, 0.29) is 42.2 Å². The molecule has 0 unspecified atom stereocenters. The number of pyridine rings is 1. The average Bonchev–Trinajstić information content (AvgIpc) is 3.62. The average molecular weight is 575 g/mol. The van der Waals surface area contributed by atoms with E-state index < -0.39 is 29.6 Å². The quantitative estimate of drug-likeness (QED) is 0.285. The van der Waals surface area contributed by atoms with Crippen LogP contribution >= 0.6 is 0 Å². The molecule has 4 heterocycles. The predicted octanol–water partition coefficient (Wildman–Crippen LogP) is 4.53. The van der Waals surface area contributed by atoms with Gasteiger partial charge in [0.1, 0.15) is 12.2 Å². The normalized spacial score (nSPS) is 16.4. The van der Waals surface area contributed by atoms with Gasteiger partial charge < -0.3 is 10.3 Å². The van der Waals surface area contributed by atoms with Crippen molar-refractivity contribution < 1.29 is 26.7 Å². The van der Waals surface area contributed by atoms with E-state index >= 15 is 0 Å². The van der Waals surface area contributed by atoms with E-state index in [1.165, 1.54) is 41.5 Å². The lowest BCUT2D eigenvalue weighted by Gasteiger charge is -2.33. The molecule has 1 amide bonds. The minimum absolute atomic E-state index is 0.0316. The van der Waals surface area contributed by atoms with E-state index in [9.17, 15) is 26.7 Å². The summed E-state index contributed by atoms with van der Waals surface area (Å²) in [6, 6.07) is 10.6. The van der Waals surface area contributed by atoms with Gasteiger partial charge in [-0.3, -0.25) is 9.69 Å². The van der Waals surface area contributed by atoms with Crippen LogP contribution in [-0.2, 0) is 12.6 Å². The van der Waals surface area contributed by atoms with E-state index in [2.05, 4.69) is 30.6 Å². The number of aromatic nitrogens is 6. The maximum absolute atomic E-state index is 13.9. The van der Waals surface area contributed by atoms with Crippen LogP contribution in [0.5, 0.6) is 0 Å². The minimum Gasteiger partial charge on any atom is -0.347 e. The zero-order chi connectivity index (χ0) is 29.0. The highest BCUT2D eigenvalue weighted by atomic mass is 19.4. The summed E-state index contributed by atoms with van der Waals surface area (Å²) in [6.07, 6.45) is -1.01. The number of carbonyl (C=O) groups is 1. The summed E-state index contributed by atoms with van der Waals surface area (Å²) in [5.41, 5.74) is -1.15. The van der Waals surface area contributed by atoms with Gasteiger partial charge in [-0.1, -0.05) is 24.3 Å². The number of aromatic amines is 1. The van der Waals surface area contributed by atoms with Gasteiger partial charge in [0.25, 0.3) is 11.8 Å². The number of piperidine rings is 1. The van der Waals surface area contributed by atoms with Crippen molar-refractivity contribution in [1.82, 2.24) is 40.2 Å². The molecule has 14 heteroatoms. The zero-order valence-corrected chi connectivity index (χ0v) is 21.8. The SMILES string of the molecule is O=C(N[C@@H](CCN1CCCC(F)(F)C1)Cc1nnc[nH]1)c1cc(-c2ccccc2C(F)(F)F)n(-c2ccccn2)n1. The number of rotatable bonds is 9. The van der Waals surface area contributed by atoms with Crippen molar-refractivity contribution in [2.75, 3.05) is 19.6 Å². The number of nitrogens with zero attached hydrogens (tertiary/aromatic N) is 6. The molecule has 1 atom stereocenters. The molecule has 5 rings (SSSR count). The second-order valence-electron chi connectivity index (χ2n) is 9.89. The molecular weight excluding hydrogens is 547 g/mol. The van der Waals surface area contributed by atoms with E-state index in [0.29, 0.717) is 31.8 Å². The van der Waals surface area contributed by atoms with Crippen LogP contribution in [0, 0.1) is 0 Å². The Labute approximate surface area is 231 Å². The fraction of sp³-hybridized carbons (Fsp3) is 0.370. The first-order chi connectivity index (χ1) is 19.6. The van der Waals surface area contributed by atoms with Gasteiger partial charge in [0.2, 0.25) is 0 Å². The molecule has 0 aliphatic carbocycles. The molecule has 4 aromatic rings. The van der Waals surface area contributed by atoms with E-state index in [0.717, 1.165) is 6.07 Å².